The maximum atomic E-state index is 10.3. The first kappa shape index (κ1) is 15.3. The predicted octanol–water partition coefficient (Wildman–Crippen LogP) is 3.38. The Labute approximate surface area is 122 Å². The second-order valence-electron chi connectivity index (χ2n) is 5.62. The normalized spacial score (nSPS) is 17.9. The molecule has 112 valence electrons. The molecule has 0 aromatic heterocycles. The Hall–Kier alpha value is -1.06. The van der Waals surface area contributed by atoms with Crippen molar-refractivity contribution < 1.29 is 9.84 Å². The molecule has 0 aliphatic carbocycles. The Balaban J connectivity index is 1.77. The SMILES string of the molecule is CCCOc1ccc(C(O)CCN2CCCCC2)cc1. The molecule has 1 saturated heterocycles. The molecule has 2 rings (SSSR count). The molecule has 1 fully saturated rings. The first-order valence-electron chi connectivity index (χ1n) is 7.93. The Morgan fingerprint density at radius 2 is 1.85 bits per heavy atom. The second-order valence-corrected chi connectivity index (χ2v) is 5.62. The number of hydrogen-bond donors (Lipinski definition) is 1. The average Bonchev–Trinajstić information content (AvgIpc) is 2.52. The van der Waals surface area contributed by atoms with Crippen LogP contribution in [0, 0.1) is 0 Å². The van der Waals surface area contributed by atoms with Gasteiger partial charge in [0.1, 0.15) is 5.75 Å². The van der Waals surface area contributed by atoms with Gasteiger partial charge < -0.3 is 14.7 Å². The van der Waals surface area contributed by atoms with Gasteiger partial charge in [-0.1, -0.05) is 25.5 Å². The van der Waals surface area contributed by atoms with Gasteiger partial charge in [0.2, 0.25) is 0 Å². The third kappa shape index (κ3) is 4.80. The molecule has 1 aliphatic heterocycles. The highest BCUT2D eigenvalue weighted by molar-refractivity contribution is 5.28. The van der Waals surface area contributed by atoms with Gasteiger partial charge in [-0.2, -0.15) is 0 Å². The lowest BCUT2D eigenvalue weighted by atomic mass is 10.1. The van der Waals surface area contributed by atoms with Gasteiger partial charge in [0.25, 0.3) is 0 Å². The van der Waals surface area contributed by atoms with Crippen LogP contribution in [0.1, 0.15) is 50.7 Å². The van der Waals surface area contributed by atoms with Crippen molar-refractivity contribution in [2.75, 3.05) is 26.2 Å². The molecule has 1 aliphatic rings. The van der Waals surface area contributed by atoms with Crippen molar-refractivity contribution >= 4 is 0 Å². The van der Waals surface area contributed by atoms with Gasteiger partial charge >= 0.3 is 0 Å². The van der Waals surface area contributed by atoms with E-state index in [1.807, 2.05) is 24.3 Å². The molecule has 1 aromatic carbocycles. The number of nitrogens with zero attached hydrogens (tertiary/aromatic N) is 1. The second kappa shape index (κ2) is 8.28. The van der Waals surface area contributed by atoms with Crippen LogP contribution < -0.4 is 4.74 Å². The third-order valence-corrected chi connectivity index (χ3v) is 3.91. The first-order valence-corrected chi connectivity index (χ1v) is 7.93. The highest BCUT2D eigenvalue weighted by Gasteiger charge is 2.13. The summed E-state index contributed by atoms with van der Waals surface area (Å²) in [5.74, 6) is 0.888. The lowest BCUT2D eigenvalue weighted by Crippen LogP contribution is -2.31. The zero-order valence-electron chi connectivity index (χ0n) is 12.6. The lowest BCUT2D eigenvalue weighted by molar-refractivity contribution is 0.134. The third-order valence-electron chi connectivity index (χ3n) is 3.91. The molecule has 0 saturated carbocycles. The molecule has 1 unspecified atom stereocenters. The molecule has 0 spiro atoms. The number of aliphatic hydroxyl groups is 1. The Morgan fingerprint density at radius 1 is 1.15 bits per heavy atom. The number of rotatable bonds is 7. The van der Waals surface area contributed by atoms with Gasteiger partial charge in [-0.3, -0.25) is 0 Å². The molecule has 3 heteroatoms. The zero-order chi connectivity index (χ0) is 14.2. The van der Waals surface area contributed by atoms with E-state index in [9.17, 15) is 5.11 Å². The molecule has 20 heavy (non-hydrogen) atoms. The number of likely N-dealkylation sites (tertiary alicyclic amines) is 1. The number of aliphatic hydroxyl groups excluding tert-OH is 1. The monoisotopic (exact) mass is 277 g/mol. The molecule has 1 aromatic rings. The zero-order valence-corrected chi connectivity index (χ0v) is 12.6. The van der Waals surface area contributed by atoms with Gasteiger partial charge in [-0.05, 0) is 56.5 Å². The van der Waals surface area contributed by atoms with Crippen molar-refractivity contribution in [3.63, 3.8) is 0 Å². The molecular formula is C17H27NO2. The number of hydrogen-bond acceptors (Lipinski definition) is 3. The highest BCUT2D eigenvalue weighted by atomic mass is 16.5. The van der Waals surface area contributed by atoms with Crippen LogP contribution in [-0.4, -0.2) is 36.2 Å². The van der Waals surface area contributed by atoms with E-state index >= 15 is 0 Å². The predicted molar refractivity (Wildman–Crippen MR) is 82.1 cm³/mol. The van der Waals surface area contributed by atoms with E-state index in [4.69, 9.17) is 4.74 Å². The van der Waals surface area contributed by atoms with Crippen molar-refractivity contribution in [1.29, 1.82) is 0 Å². The highest BCUT2D eigenvalue weighted by Crippen LogP contribution is 2.21. The number of benzene rings is 1. The van der Waals surface area contributed by atoms with Crippen LogP contribution in [0.4, 0.5) is 0 Å². The summed E-state index contributed by atoms with van der Waals surface area (Å²) in [5, 5.41) is 10.3. The molecule has 0 bridgehead atoms. The van der Waals surface area contributed by atoms with Gasteiger partial charge in [0.05, 0.1) is 12.7 Å². The van der Waals surface area contributed by atoms with Crippen molar-refractivity contribution in [3.8, 4) is 5.75 Å². The van der Waals surface area contributed by atoms with Gasteiger partial charge in [-0.25, -0.2) is 0 Å². The Bertz CT molecular complexity index is 371. The fourth-order valence-corrected chi connectivity index (χ4v) is 2.66. The average molecular weight is 277 g/mol. The van der Waals surface area contributed by atoms with Crippen molar-refractivity contribution in [2.24, 2.45) is 0 Å². The van der Waals surface area contributed by atoms with Gasteiger partial charge in [0, 0.05) is 6.54 Å². The van der Waals surface area contributed by atoms with E-state index in [2.05, 4.69) is 11.8 Å². The summed E-state index contributed by atoms with van der Waals surface area (Å²) < 4.78 is 5.56. The van der Waals surface area contributed by atoms with Crippen LogP contribution in [0.25, 0.3) is 0 Å². The Kier molecular flexibility index (Phi) is 6.34. The largest absolute Gasteiger partial charge is 0.494 e. The lowest BCUT2D eigenvalue weighted by Gasteiger charge is -2.27. The summed E-state index contributed by atoms with van der Waals surface area (Å²) in [6.07, 6.45) is 5.43. The van der Waals surface area contributed by atoms with Crippen molar-refractivity contribution in [2.45, 2.75) is 45.1 Å². The summed E-state index contributed by atoms with van der Waals surface area (Å²) in [5.41, 5.74) is 0.992. The summed E-state index contributed by atoms with van der Waals surface area (Å²) >= 11 is 0. The van der Waals surface area contributed by atoms with E-state index < -0.39 is 0 Å². The minimum absolute atomic E-state index is 0.364. The van der Waals surface area contributed by atoms with Gasteiger partial charge in [-0.15, -0.1) is 0 Å². The molecule has 1 heterocycles. The summed E-state index contributed by atoms with van der Waals surface area (Å²) in [6, 6.07) is 7.86. The van der Waals surface area contributed by atoms with Crippen LogP contribution >= 0.6 is 0 Å². The van der Waals surface area contributed by atoms with Crippen molar-refractivity contribution in [1.82, 2.24) is 4.90 Å². The van der Waals surface area contributed by atoms with Crippen LogP contribution in [0.15, 0.2) is 24.3 Å². The molecule has 0 amide bonds. The minimum Gasteiger partial charge on any atom is -0.494 e. The van der Waals surface area contributed by atoms with Gasteiger partial charge in [0.15, 0.2) is 0 Å². The Morgan fingerprint density at radius 3 is 2.50 bits per heavy atom. The van der Waals surface area contributed by atoms with E-state index in [1.54, 1.807) is 0 Å². The van der Waals surface area contributed by atoms with E-state index in [1.165, 1.54) is 32.4 Å². The summed E-state index contributed by atoms with van der Waals surface area (Å²) in [6.45, 7) is 6.22. The molecular weight excluding hydrogens is 250 g/mol. The van der Waals surface area contributed by atoms with Crippen LogP contribution in [-0.2, 0) is 0 Å². The maximum Gasteiger partial charge on any atom is 0.119 e. The molecule has 1 N–H and O–H groups in total. The fourth-order valence-electron chi connectivity index (χ4n) is 2.66. The topological polar surface area (TPSA) is 32.7 Å². The van der Waals surface area contributed by atoms with Crippen LogP contribution in [0.3, 0.4) is 0 Å². The van der Waals surface area contributed by atoms with E-state index in [-0.39, 0.29) is 6.10 Å². The minimum atomic E-state index is -0.364. The number of ether oxygens (including phenoxy) is 1. The van der Waals surface area contributed by atoms with Crippen molar-refractivity contribution in [3.05, 3.63) is 29.8 Å². The molecule has 3 nitrogen and oxygen atoms in total. The smallest absolute Gasteiger partial charge is 0.119 e. The summed E-state index contributed by atoms with van der Waals surface area (Å²) in [4.78, 5) is 2.46. The van der Waals surface area contributed by atoms with E-state index in [0.717, 1.165) is 37.3 Å². The quantitative estimate of drug-likeness (QED) is 0.829. The molecule has 0 radical (unpaired) electrons. The molecule has 1 atom stereocenters. The first-order chi connectivity index (χ1) is 9.79. The van der Waals surface area contributed by atoms with E-state index in [0.29, 0.717) is 0 Å². The number of piperidine rings is 1. The summed E-state index contributed by atoms with van der Waals surface area (Å²) in [7, 11) is 0. The maximum absolute atomic E-state index is 10.3. The fraction of sp³-hybridized carbons (Fsp3) is 0.647. The standard InChI is InChI=1S/C17H27NO2/c1-2-14-20-16-8-6-15(7-9-16)17(19)10-13-18-11-4-3-5-12-18/h6-9,17,19H,2-5,10-14H2,1H3. The van der Waals surface area contributed by atoms with Crippen LogP contribution in [0.5, 0.6) is 5.75 Å². The van der Waals surface area contributed by atoms with Crippen LogP contribution in [0.2, 0.25) is 0 Å².